The molecule has 1 atom stereocenters. The number of aromatic nitrogens is 1. The number of rotatable bonds is 6. The van der Waals surface area contributed by atoms with Gasteiger partial charge in [0, 0.05) is 28.6 Å². The van der Waals surface area contributed by atoms with Crippen molar-refractivity contribution in [2.24, 2.45) is 11.7 Å². The Morgan fingerprint density at radius 3 is 2.68 bits per heavy atom. The van der Waals surface area contributed by atoms with Crippen LogP contribution in [0.4, 0.5) is 0 Å². The molecule has 2 aromatic rings. The van der Waals surface area contributed by atoms with Gasteiger partial charge >= 0.3 is 0 Å². The van der Waals surface area contributed by atoms with Gasteiger partial charge in [0.15, 0.2) is 0 Å². The summed E-state index contributed by atoms with van der Waals surface area (Å²) < 4.78 is 0. The molecule has 1 saturated carbocycles. The minimum absolute atomic E-state index is 0. The molecular formula is C16H19Cl4N3OS. The Hall–Kier alpha value is -0.560. The fourth-order valence-corrected chi connectivity index (χ4v) is 3.88. The average molecular weight is 443 g/mol. The molecule has 4 nitrogen and oxygen atoms in total. The van der Waals surface area contributed by atoms with Gasteiger partial charge in [0.05, 0.1) is 17.1 Å². The van der Waals surface area contributed by atoms with Crippen LogP contribution in [0.5, 0.6) is 0 Å². The third-order valence-corrected chi connectivity index (χ3v) is 5.32. The molecule has 1 aromatic heterocycles. The van der Waals surface area contributed by atoms with Crippen molar-refractivity contribution < 1.29 is 4.79 Å². The summed E-state index contributed by atoms with van der Waals surface area (Å²) in [6.45, 7) is 0.485. The van der Waals surface area contributed by atoms with E-state index in [-0.39, 0.29) is 43.2 Å². The predicted molar refractivity (Wildman–Crippen MR) is 109 cm³/mol. The normalized spacial score (nSPS) is 14.2. The number of nitrogens with two attached hydrogens (primary N) is 1. The van der Waals surface area contributed by atoms with Crippen LogP contribution in [0.25, 0.3) is 10.6 Å². The molecule has 9 heteroatoms. The van der Waals surface area contributed by atoms with E-state index in [0.29, 0.717) is 22.5 Å². The molecule has 0 aliphatic heterocycles. The van der Waals surface area contributed by atoms with Crippen LogP contribution in [-0.2, 0) is 11.2 Å². The number of carbonyl (C=O) groups excluding carboxylic acids is 1. The summed E-state index contributed by atoms with van der Waals surface area (Å²) in [6, 6.07) is 5.39. The lowest BCUT2D eigenvalue weighted by molar-refractivity contribution is -0.121. The van der Waals surface area contributed by atoms with Gasteiger partial charge in [-0.2, -0.15) is 0 Å². The fraction of sp³-hybridized carbons (Fsp3) is 0.375. The molecule has 0 bridgehead atoms. The van der Waals surface area contributed by atoms with Crippen LogP contribution in [0.15, 0.2) is 23.6 Å². The first-order chi connectivity index (χ1) is 11.1. The maximum Gasteiger partial charge on any atom is 0.226 e. The summed E-state index contributed by atoms with van der Waals surface area (Å²) in [7, 11) is 0. The number of halogens is 4. The van der Waals surface area contributed by atoms with Gasteiger partial charge in [-0.3, -0.25) is 4.79 Å². The molecule has 1 aromatic carbocycles. The summed E-state index contributed by atoms with van der Waals surface area (Å²) in [5.74, 6) is 0.509. The molecule has 0 saturated heterocycles. The highest BCUT2D eigenvalue weighted by Gasteiger charge is 2.31. The summed E-state index contributed by atoms with van der Waals surface area (Å²) in [5.41, 5.74) is 7.27. The molecule has 138 valence electrons. The Morgan fingerprint density at radius 1 is 1.36 bits per heavy atom. The van der Waals surface area contributed by atoms with Crippen molar-refractivity contribution in [2.45, 2.75) is 25.3 Å². The van der Waals surface area contributed by atoms with Crippen molar-refractivity contribution in [1.29, 1.82) is 0 Å². The molecule has 1 fully saturated rings. The van der Waals surface area contributed by atoms with Crippen LogP contribution in [0, 0.1) is 5.92 Å². The minimum Gasteiger partial charge on any atom is -0.351 e. The zero-order chi connectivity index (χ0) is 16.4. The molecular weight excluding hydrogens is 424 g/mol. The second kappa shape index (κ2) is 9.95. The van der Waals surface area contributed by atoms with Crippen molar-refractivity contribution in [3.05, 3.63) is 39.3 Å². The molecule has 3 rings (SSSR count). The minimum atomic E-state index is -0.0357. The molecule has 1 unspecified atom stereocenters. The van der Waals surface area contributed by atoms with Gasteiger partial charge in [0.1, 0.15) is 5.01 Å². The third-order valence-electron chi connectivity index (χ3n) is 3.85. The summed E-state index contributed by atoms with van der Waals surface area (Å²) in [4.78, 5) is 16.6. The van der Waals surface area contributed by atoms with E-state index in [4.69, 9.17) is 28.9 Å². The van der Waals surface area contributed by atoms with Gasteiger partial charge in [-0.1, -0.05) is 23.2 Å². The van der Waals surface area contributed by atoms with E-state index in [1.165, 1.54) is 11.3 Å². The first-order valence-electron chi connectivity index (χ1n) is 7.46. The van der Waals surface area contributed by atoms with Crippen LogP contribution < -0.4 is 11.1 Å². The lowest BCUT2D eigenvalue weighted by Crippen LogP contribution is -2.42. The smallest absolute Gasteiger partial charge is 0.226 e. The van der Waals surface area contributed by atoms with E-state index in [0.717, 1.165) is 29.1 Å². The van der Waals surface area contributed by atoms with Crippen molar-refractivity contribution in [1.82, 2.24) is 10.3 Å². The van der Waals surface area contributed by atoms with E-state index in [9.17, 15) is 4.79 Å². The number of carbonyl (C=O) groups is 1. The Bertz CT molecular complexity index is 721. The first kappa shape index (κ1) is 22.5. The molecule has 1 heterocycles. The van der Waals surface area contributed by atoms with Gasteiger partial charge in [0.25, 0.3) is 0 Å². The summed E-state index contributed by atoms with van der Waals surface area (Å²) in [5, 5.41) is 6.81. The standard InChI is InChI=1S/C16H17Cl2N3OS.2ClH/c17-10-3-4-12(13(18)5-10)16-20-11(8-23-16)6-15(22)21-14(7-19)9-1-2-9;;/h3-5,8-9,14H,1-2,6-7,19H2,(H,21,22);2*1H. The number of amides is 1. The van der Waals surface area contributed by atoms with Crippen molar-refractivity contribution in [2.75, 3.05) is 6.54 Å². The topological polar surface area (TPSA) is 68.0 Å². The second-order valence-corrected chi connectivity index (χ2v) is 7.39. The van der Waals surface area contributed by atoms with Crippen LogP contribution in [-0.4, -0.2) is 23.5 Å². The number of benzene rings is 1. The number of hydrogen-bond acceptors (Lipinski definition) is 4. The highest BCUT2D eigenvalue weighted by Crippen LogP contribution is 2.33. The van der Waals surface area contributed by atoms with Crippen molar-refractivity contribution >= 4 is 65.3 Å². The molecule has 0 spiro atoms. The lowest BCUT2D eigenvalue weighted by Gasteiger charge is -2.15. The van der Waals surface area contributed by atoms with Gasteiger partial charge in [-0.25, -0.2) is 4.98 Å². The Labute approximate surface area is 173 Å². The quantitative estimate of drug-likeness (QED) is 0.698. The van der Waals surface area contributed by atoms with Gasteiger partial charge in [-0.05, 0) is 37.0 Å². The molecule has 0 radical (unpaired) electrons. The average Bonchev–Trinajstić information content (AvgIpc) is 3.25. The van der Waals surface area contributed by atoms with Crippen LogP contribution in [0.1, 0.15) is 18.5 Å². The van der Waals surface area contributed by atoms with Crippen LogP contribution in [0.3, 0.4) is 0 Å². The Kier molecular flexibility index (Phi) is 8.95. The van der Waals surface area contributed by atoms with Crippen LogP contribution >= 0.6 is 59.4 Å². The maximum atomic E-state index is 12.1. The number of hydrogen-bond donors (Lipinski definition) is 2. The zero-order valence-electron chi connectivity index (χ0n) is 13.2. The van der Waals surface area contributed by atoms with Crippen LogP contribution in [0.2, 0.25) is 10.0 Å². The SMILES string of the molecule is Cl.Cl.NCC(NC(=O)Cc1csc(-c2ccc(Cl)cc2Cl)n1)C1CC1. The molecule has 1 aliphatic carbocycles. The Morgan fingerprint density at radius 2 is 2.08 bits per heavy atom. The van der Waals surface area contributed by atoms with E-state index < -0.39 is 0 Å². The van der Waals surface area contributed by atoms with E-state index in [1.807, 2.05) is 11.4 Å². The summed E-state index contributed by atoms with van der Waals surface area (Å²) in [6.07, 6.45) is 2.56. The zero-order valence-corrected chi connectivity index (χ0v) is 17.2. The molecule has 1 amide bonds. The maximum absolute atomic E-state index is 12.1. The fourth-order valence-electron chi connectivity index (χ4n) is 2.46. The first-order valence-corrected chi connectivity index (χ1v) is 9.09. The monoisotopic (exact) mass is 441 g/mol. The molecule has 3 N–H and O–H groups in total. The second-order valence-electron chi connectivity index (χ2n) is 5.69. The highest BCUT2D eigenvalue weighted by molar-refractivity contribution is 7.13. The van der Waals surface area contributed by atoms with E-state index >= 15 is 0 Å². The number of thiazole rings is 1. The third kappa shape index (κ3) is 5.98. The predicted octanol–water partition coefficient (Wildman–Crippen LogP) is 4.36. The van der Waals surface area contributed by atoms with E-state index in [2.05, 4.69) is 10.3 Å². The summed E-state index contributed by atoms with van der Waals surface area (Å²) >= 11 is 13.6. The largest absolute Gasteiger partial charge is 0.351 e. The number of nitrogens with one attached hydrogen (secondary N) is 1. The van der Waals surface area contributed by atoms with E-state index in [1.54, 1.807) is 12.1 Å². The van der Waals surface area contributed by atoms with Crippen molar-refractivity contribution in [3.8, 4) is 10.6 Å². The van der Waals surface area contributed by atoms with Gasteiger partial charge in [0.2, 0.25) is 5.91 Å². The number of nitrogens with zero attached hydrogens (tertiary/aromatic N) is 1. The molecule has 25 heavy (non-hydrogen) atoms. The molecule has 1 aliphatic rings. The van der Waals surface area contributed by atoms with Gasteiger partial charge in [-0.15, -0.1) is 36.2 Å². The highest BCUT2D eigenvalue weighted by atomic mass is 35.5. The van der Waals surface area contributed by atoms with Gasteiger partial charge < -0.3 is 11.1 Å². The lowest BCUT2D eigenvalue weighted by atomic mass is 10.2. The van der Waals surface area contributed by atoms with Crippen molar-refractivity contribution in [3.63, 3.8) is 0 Å². The Balaban J connectivity index is 0.00000156.